The standard InChI is InChI=1S/C17H14BrNO3/c18-13-6-3-4-11(8-13)10-19-16(20)15-9-12-5-1-2-7-14(12)17(21)22-15/h1-8,15H,9-10H2,(H,19,20). The second-order valence-corrected chi connectivity index (χ2v) is 6.02. The van der Waals surface area contributed by atoms with Crippen LogP contribution in [0.1, 0.15) is 21.5 Å². The van der Waals surface area contributed by atoms with Crippen molar-refractivity contribution in [2.75, 3.05) is 0 Å². The highest BCUT2D eigenvalue weighted by molar-refractivity contribution is 9.10. The topological polar surface area (TPSA) is 55.4 Å². The Labute approximate surface area is 136 Å². The first-order valence-corrected chi connectivity index (χ1v) is 7.74. The van der Waals surface area contributed by atoms with Gasteiger partial charge in [-0.25, -0.2) is 4.79 Å². The molecule has 0 saturated heterocycles. The Balaban J connectivity index is 1.65. The molecule has 0 aromatic heterocycles. The molecule has 0 fully saturated rings. The molecule has 2 aromatic rings. The van der Waals surface area contributed by atoms with E-state index in [0.29, 0.717) is 18.5 Å². The molecule has 1 aliphatic rings. The largest absolute Gasteiger partial charge is 0.448 e. The summed E-state index contributed by atoms with van der Waals surface area (Å²) in [4.78, 5) is 24.1. The smallest absolute Gasteiger partial charge is 0.339 e. The van der Waals surface area contributed by atoms with E-state index in [-0.39, 0.29) is 5.91 Å². The van der Waals surface area contributed by atoms with Gasteiger partial charge in [0.25, 0.3) is 5.91 Å². The van der Waals surface area contributed by atoms with E-state index in [1.807, 2.05) is 36.4 Å². The van der Waals surface area contributed by atoms with E-state index in [1.165, 1.54) is 0 Å². The first-order valence-electron chi connectivity index (χ1n) is 6.94. The van der Waals surface area contributed by atoms with E-state index in [9.17, 15) is 9.59 Å². The summed E-state index contributed by atoms with van der Waals surface area (Å²) in [6.45, 7) is 0.397. The maximum Gasteiger partial charge on any atom is 0.339 e. The van der Waals surface area contributed by atoms with Gasteiger partial charge in [-0.1, -0.05) is 46.3 Å². The van der Waals surface area contributed by atoms with E-state index in [4.69, 9.17) is 4.74 Å². The number of hydrogen-bond acceptors (Lipinski definition) is 3. The SMILES string of the molecule is O=C1OC(C(=O)NCc2cccc(Br)c2)Cc2ccccc21. The summed E-state index contributed by atoms with van der Waals surface area (Å²) in [6.07, 6.45) is -0.360. The maximum absolute atomic E-state index is 12.2. The predicted octanol–water partition coefficient (Wildman–Crippen LogP) is 2.85. The van der Waals surface area contributed by atoms with Gasteiger partial charge in [-0.05, 0) is 29.3 Å². The van der Waals surface area contributed by atoms with Crippen LogP contribution in [-0.2, 0) is 22.5 Å². The summed E-state index contributed by atoms with van der Waals surface area (Å²) < 4.78 is 6.18. The Hall–Kier alpha value is -2.14. The highest BCUT2D eigenvalue weighted by Gasteiger charge is 2.30. The number of hydrogen-bond donors (Lipinski definition) is 1. The number of benzene rings is 2. The molecule has 1 atom stereocenters. The number of carbonyl (C=O) groups is 2. The van der Waals surface area contributed by atoms with Gasteiger partial charge in [0.2, 0.25) is 0 Å². The summed E-state index contributed by atoms with van der Waals surface area (Å²) in [5.41, 5.74) is 2.37. The molecule has 0 spiro atoms. The molecule has 4 nitrogen and oxygen atoms in total. The third-order valence-electron chi connectivity index (χ3n) is 3.54. The van der Waals surface area contributed by atoms with Gasteiger partial charge in [-0.2, -0.15) is 0 Å². The van der Waals surface area contributed by atoms with Crippen LogP contribution in [0.5, 0.6) is 0 Å². The molecule has 2 aromatic carbocycles. The molecule has 1 unspecified atom stereocenters. The highest BCUT2D eigenvalue weighted by Crippen LogP contribution is 2.20. The van der Waals surface area contributed by atoms with Gasteiger partial charge in [0.05, 0.1) is 5.56 Å². The van der Waals surface area contributed by atoms with E-state index >= 15 is 0 Å². The van der Waals surface area contributed by atoms with E-state index in [1.54, 1.807) is 12.1 Å². The second kappa shape index (κ2) is 6.32. The molecule has 3 rings (SSSR count). The lowest BCUT2D eigenvalue weighted by atomic mass is 9.98. The van der Waals surface area contributed by atoms with Crippen LogP contribution in [0.4, 0.5) is 0 Å². The monoisotopic (exact) mass is 359 g/mol. The van der Waals surface area contributed by atoms with Crippen molar-refractivity contribution in [2.24, 2.45) is 0 Å². The molecule has 0 saturated carbocycles. The second-order valence-electron chi connectivity index (χ2n) is 5.10. The fourth-order valence-electron chi connectivity index (χ4n) is 2.43. The van der Waals surface area contributed by atoms with Crippen molar-refractivity contribution in [3.63, 3.8) is 0 Å². The van der Waals surface area contributed by atoms with Crippen LogP contribution in [0.15, 0.2) is 53.0 Å². The van der Waals surface area contributed by atoms with Crippen molar-refractivity contribution in [3.05, 3.63) is 69.7 Å². The fourth-order valence-corrected chi connectivity index (χ4v) is 2.87. The average Bonchev–Trinajstić information content (AvgIpc) is 2.52. The number of carbonyl (C=O) groups excluding carboxylic acids is 2. The molecule has 1 amide bonds. The van der Waals surface area contributed by atoms with Crippen LogP contribution in [0.3, 0.4) is 0 Å². The van der Waals surface area contributed by atoms with Crippen molar-refractivity contribution in [1.82, 2.24) is 5.32 Å². The van der Waals surface area contributed by atoms with Gasteiger partial charge in [0.1, 0.15) is 0 Å². The first-order chi connectivity index (χ1) is 10.6. The van der Waals surface area contributed by atoms with Crippen molar-refractivity contribution < 1.29 is 14.3 Å². The number of esters is 1. The summed E-state index contributed by atoms with van der Waals surface area (Å²) in [5, 5.41) is 2.81. The van der Waals surface area contributed by atoms with Crippen molar-refractivity contribution >= 4 is 27.8 Å². The molecule has 1 aliphatic heterocycles. The number of rotatable bonds is 3. The normalized spacial score (nSPS) is 16.6. The Morgan fingerprint density at radius 2 is 2.05 bits per heavy atom. The van der Waals surface area contributed by atoms with Crippen LogP contribution >= 0.6 is 15.9 Å². The zero-order valence-electron chi connectivity index (χ0n) is 11.7. The summed E-state index contributed by atoms with van der Waals surface area (Å²) in [5.74, 6) is -0.715. The lowest BCUT2D eigenvalue weighted by Crippen LogP contribution is -2.41. The van der Waals surface area contributed by atoms with Crippen LogP contribution in [0.2, 0.25) is 0 Å². The van der Waals surface area contributed by atoms with Crippen LogP contribution < -0.4 is 5.32 Å². The predicted molar refractivity (Wildman–Crippen MR) is 85.3 cm³/mol. The zero-order chi connectivity index (χ0) is 15.5. The number of halogens is 1. The summed E-state index contributed by atoms with van der Waals surface area (Å²) >= 11 is 3.39. The molecule has 22 heavy (non-hydrogen) atoms. The Kier molecular flexibility index (Phi) is 4.24. The molecule has 1 heterocycles. The number of nitrogens with one attached hydrogen (secondary N) is 1. The summed E-state index contributed by atoms with van der Waals surface area (Å²) in [7, 11) is 0. The quantitative estimate of drug-likeness (QED) is 0.857. The molecule has 1 N–H and O–H groups in total. The van der Waals surface area contributed by atoms with Gasteiger partial charge in [-0.3, -0.25) is 4.79 Å². The van der Waals surface area contributed by atoms with Gasteiger partial charge in [0, 0.05) is 17.4 Å². The average molecular weight is 360 g/mol. The van der Waals surface area contributed by atoms with Gasteiger partial charge < -0.3 is 10.1 Å². The van der Waals surface area contributed by atoms with E-state index in [2.05, 4.69) is 21.2 Å². The minimum absolute atomic E-state index is 0.275. The Bertz CT molecular complexity index is 729. The van der Waals surface area contributed by atoms with E-state index in [0.717, 1.165) is 15.6 Å². The van der Waals surface area contributed by atoms with E-state index < -0.39 is 12.1 Å². The van der Waals surface area contributed by atoms with Crippen LogP contribution in [0.25, 0.3) is 0 Å². The first kappa shape index (κ1) is 14.8. The molecule has 5 heteroatoms. The molecule has 112 valence electrons. The third-order valence-corrected chi connectivity index (χ3v) is 4.03. The number of amides is 1. The zero-order valence-corrected chi connectivity index (χ0v) is 13.3. The number of cyclic esters (lactones) is 1. The Morgan fingerprint density at radius 1 is 1.23 bits per heavy atom. The molecule has 0 radical (unpaired) electrons. The molecular weight excluding hydrogens is 346 g/mol. The third kappa shape index (κ3) is 3.20. The fraction of sp³-hybridized carbons (Fsp3) is 0.176. The van der Waals surface area contributed by atoms with Crippen molar-refractivity contribution in [2.45, 2.75) is 19.1 Å². The lowest BCUT2D eigenvalue weighted by molar-refractivity contribution is -0.130. The minimum atomic E-state index is -0.769. The van der Waals surface area contributed by atoms with Crippen LogP contribution in [0, 0.1) is 0 Å². The van der Waals surface area contributed by atoms with Gasteiger partial charge >= 0.3 is 5.97 Å². The van der Waals surface area contributed by atoms with Gasteiger partial charge in [0.15, 0.2) is 6.10 Å². The van der Waals surface area contributed by atoms with Crippen molar-refractivity contribution in [1.29, 1.82) is 0 Å². The molecule has 0 aliphatic carbocycles. The molecular formula is C17H14BrNO3. The van der Waals surface area contributed by atoms with Crippen LogP contribution in [-0.4, -0.2) is 18.0 Å². The Morgan fingerprint density at radius 3 is 2.86 bits per heavy atom. The minimum Gasteiger partial charge on any atom is -0.448 e. The van der Waals surface area contributed by atoms with Crippen molar-refractivity contribution in [3.8, 4) is 0 Å². The number of ether oxygens (including phenoxy) is 1. The number of fused-ring (bicyclic) bond motifs is 1. The summed E-state index contributed by atoms with van der Waals surface area (Å²) in [6, 6.07) is 14.9. The lowest BCUT2D eigenvalue weighted by Gasteiger charge is -2.23. The maximum atomic E-state index is 12.2. The molecule has 0 bridgehead atoms. The van der Waals surface area contributed by atoms with Gasteiger partial charge in [-0.15, -0.1) is 0 Å². The highest BCUT2D eigenvalue weighted by atomic mass is 79.9.